The third kappa shape index (κ3) is 5.38. The second kappa shape index (κ2) is 8.92. The average molecular weight is 394 g/mol. The summed E-state index contributed by atoms with van der Waals surface area (Å²) in [4.78, 5) is 27.7. The monoisotopic (exact) mass is 393 g/mol. The maximum absolute atomic E-state index is 12.2. The normalized spacial score (nSPS) is 10.3. The van der Waals surface area contributed by atoms with E-state index in [0.717, 1.165) is 11.4 Å². The first-order chi connectivity index (χ1) is 12.3. The van der Waals surface area contributed by atoms with Crippen molar-refractivity contribution in [1.29, 1.82) is 0 Å². The highest BCUT2D eigenvalue weighted by molar-refractivity contribution is 6.36. The van der Waals surface area contributed by atoms with Gasteiger partial charge in [0.2, 0.25) is 11.8 Å². The molecule has 0 spiro atoms. The van der Waals surface area contributed by atoms with E-state index in [4.69, 9.17) is 23.2 Å². The maximum Gasteiger partial charge on any atom is 0.226 e. The molecule has 2 aromatic carbocycles. The number of rotatable bonds is 6. The summed E-state index contributed by atoms with van der Waals surface area (Å²) in [6.07, 6.45) is 0.147. The standard InChI is InChI=1S/C19H21Cl2N3O2/c1-13(25)24(16-7-5-15(6-8-16)23(2)3)11-10-19(26)22-18-9-4-14(20)12-17(18)21/h4-9,12H,10-11H2,1-3H3,(H,22,26). The second-order valence-corrected chi connectivity index (χ2v) is 6.85. The fourth-order valence-corrected chi connectivity index (χ4v) is 2.87. The number of hydrogen-bond acceptors (Lipinski definition) is 3. The van der Waals surface area contributed by atoms with Crippen LogP contribution in [0.2, 0.25) is 10.0 Å². The van der Waals surface area contributed by atoms with Gasteiger partial charge in [-0.15, -0.1) is 0 Å². The number of anilines is 3. The van der Waals surface area contributed by atoms with Crippen molar-refractivity contribution >= 4 is 52.1 Å². The Morgan fingerprint density at radius 2 is 1.62 bits per heavy atom. The lowest BCUT2D eigenvalue weighted by molar-refractivity contribution is -0.117. The first kappa shape index (κ1) is 20.1. The predicted octanol–water partition coefficient (Wildman–Crippen LogP) is 4.44. The van der Waals surface area contributed by atoms with Crippen LogP contribution in [0.25, 0.3) is 0 Å². The number of halogens is 2. The molecule has 0 saturated heterocycles. The van der Waals surface area contributed by atoms with E-state index in [1.807, 2.05) is 43.3 Å². The number of carbonyl (C=O) groups is 2. The molecule has 0 aromatic heterocycles. The number of nitrogens with zero attached hydrogens (tertiary/aromatic N) is 2. The van der Waals surface area contributed by atoms with Crippen LogP contribution >= 0.6 is 23.2 Å². The first-order valence-electron chi connectivity index (χ1n) is 8.08. The van der Waals surface area contributed by atoms with Gasteiger partial charge in [0.1, 0.15) is 0 Å². The molecule has 138 valence electrons. The Bertz CT molecular complexity index is 792. The van der Waals surface area contributed by atoms with Gasteiger partial charge in [0.15, 0.2) is 0 Å². The van der Waals surface area contributed by atoms with E-state index in [0.29, 0.717) is 15.7 Å². The molecule has 0 radical (unpaired) electrons. The van der Waals surface area contributed by atoms with Gasteiger partial charge in [0, 0.05) is 50.4 Å². The van der Waals surface area contributed by atoms with E-state index in [-0.39, 0.29) is 24.8 Å². The summed E-state index contributed by atoms with van der Waals surface area (Å²) in [5, 5.41) is 3.60. The fraction of sp³-hybridized carbons (Fsp3) is 0.263. The Labute approximate surface area is 163 Å². The van der Waals surface area contributed by atoms with Crippen molar-refractivity contribution in [3.05, 3.63) is 52.5 Å². The summed E-state index contributed by atoms with van der Waals surface area (Å²) >= 11 is 11.9. The minimum absolute atomic E-state index is 0.125. The highest BCUT2D eigenvalue weighted by Gasteiger charge is 2.14. The summed E-state index contributed by atoms with van der Waals surface area (Å²) < 4.78 is 0. The molecule has 26 heavy (non-hydrogen) atoms. The highest BCUT2D eigenvalue weighted by Crippen LogP contribution is 2.25. The number of hydrogen-bond donors (Lipinski definition) is 1. The van der Waals surface area contributed by atoms with Gasteiger partial charge in [-0.25, -0.2) is 0 Å². The van der Waals surface area contributed by atoms with Gasteiger partial charge in [0.25, 0.3) is 0 Å². The van der Waals surface area contributed by atoms with Crippen LogP contribution in [0.1, 0.15) is 13.3 Å². The van der Waals surface area contributed by atoms with Crippen LogP contribution in [-0.4, -0.2) is 32.5 Å². The molecule has 1 N–H and O–H groups in total. The summed E-state index contributed by atoms with van der Waals surface area (Å²) in [5.41, 5.74) is 2.28. The molecule has 0 bridgehead atoms. The topological polar surface area (TPSA) is 52.7 Å². The Morgan fingerprint density at radius 1 is 1.00 bits per heavy atom. The third-order valence-corrected chi connectivity index (χ3v) is 4.37. The molecule has 0 unspecified atom stereocenters. The van der Waals surface area contributed by atoms with Gasteiger partial charge < -0.3 is 15.1 Å². The molecule has 2 aromatic rings. The van der Waals surface area contributed by atoms with Gasteiger partial charge in [-0.1, -0.05) is 23.2 Å². The van der Waals surface area contributed by atoms with E-state index in [1.54, 1.807) is 23.1 Å². The Kier molecular flexibility index (Phi) is 6.89. The van der Waals surface area contributed by atoms with Crippen LogP contribution in [0, 0.1) is 0 Å². The van der Waals surface area contributed by atoms with Crippen molar-refractivity contribution < 1.29 is 9.59 Å². The summed E-state index contributed by atoms with van der Waals surface area (Å²) in [6, 6.07) is 12.4. The predicted molar refractivity (Wildman–Crippen MR) is 109 cm³/mol. The molecule has 0 aliphatic rings. The van der Waals surface area contributed by atoms with E-state index in [9.17, 15) is 9.59 Å². The number of nitrogens with one attached hydrogen (secondary N) is 1. The smallest absolute Gasteiger partial charge is 0.226 e. The number of amides is 2. The Morgan fingerprint density at radius 3 is 2.15 bits per heavy atom. The van der Waals surface area contributed by atoms with Crippen LogP contribution in [-0.2, 0) is 9.59 Å². The van der Waals surface area contributed by atoms with Crippen LogP contribution in [0.4, 0.5) is 17.1 Å². The van der Waals surface area contributed by atoms with Gasteiger partial charge in [-0.3, -0.25) is 9.59 Å². The molecule has 5 nitrogen and oxygen atoms in total. The summed E-state index contributed by atoms with van der Waals surface area (Å²) in [6.45, 7) is 1.75. The number of carbonyl (C=O) groups excluding carboxylic acids is 2. The molecule has 7 heteroatoms. The van der Waals surface area contributed by atoms with E-state index >= 15 is 0 Å². The Balaban J connectivity index is 2.01. The summed E-state index contributed by atoms with van der Waals surface area (Å²) in [5.74, 6) is -0.356. The number of benzene rings is 2. The van der Waals surface area contributed by atoms with E-state index in [1.165, 1.54) is 6.92 Å². The van der Waals surface area contributed by atoms with Crippen molar-refractivity contribution in [2.45, 2.75) is 13.3 Å². The highest BCUT2D eigenvalue weighted by atomic mass is 35.5. The molecule has 0 atom stereocenters. The minimum Gasteiger partial charge on any atom is -0.378 e. The average Bonchev–Trinajstić information content (AvgIpc) is 2.57. The molecule has 0 aliphatic carbocycles. The Hall–Kier alpha value is -2.24. The fourth-order valence-electron chi connectivity index (χ4n) is 2.42. The van der Waals surface area contributed by atoms with Crippen molar-refractivity contribution in [1.82, 2.24) is 0 Å². The van der Waals surface area contributed by atoms with Crippen molar-refractivity contribution in [3.8, 4) is 0 Å². The van der Waals surface area contributed by atoms with Crippen molar-refractivity contribution in [2.75, 3.05) is 35.8 Å². The van der Waals surface area contributed by atoms with Crippen molar-refractivity contribution in [3.63, 3.8) is 0 Å². The van der Waals surface area contributed by atoms with Crippen LogP contribution in [0.3, 0.4) is 0 Å². The summed E-state index contributed by atoms with van der Waals surface area (Å²) in [7, 11) is 3.90. The van der Waals surface area contributed by atoms with Crippen LogP contribution in [0.5, 0.6) is 0 Å². The van der Waals surface area contributed by atoms with Gasteiger partial charge >= 0.3 is 0 Å². The second-order valence-electron chi connectivity index (χ2n) is 6.00. The zero-order valence-electron chi connectivity index (χ0n) is 14.9. The minimum atomic E-state index is -0.231. The first-order valence-corrected chi connectivity index (χ1v) is 8.84. The maximum atomic E-state index is 12.2. The zero-order chi connectivity index (χ0) is 19.3. The zero-order valence-corrected chi connectivity index (χ0v) is 16.4. The third-order valence-electron chi connectivity index (χ3n) is 3.83. The molecule has 0 heterocycles. The van der Waals surface area contributed by atoms with Crippen LogP contribution in [0.15, 0.2) is 42.5 Å². The molecule has 2 amide bonds. The quantitative estimate of drug-likeness (QED) is 0.788. The van der Waals surface area contributed by atoms with Gasteiger partial charge in [0.05, 0.1) is 10.7 Å². The lowest BCUT2D eigenvalue weighted by atomic mass is 10.2. The molecule has 2 rings (SSSR count). The van der Waals surface area contributed by atoms with Crippen molar-refractivity contribution in [2.24, 2.45) is 0 Å². The largest absolute Gasteiger partial charge is 0.378 e. The SMILES string of the molecule is CC(=O)N(CCC(=O)Nc1ccc(Cl)cc1Cl)c1ccc(N(C)C)cc1. The van der Waals surface area contributed by atoms with E-state index < -0.39 is 0 Å². The van der Waals surface area contributed by atoms with Gasteiger partial charge in [-0.2, -0.15) is 0 Å². The lowest BCUT2D eigenvalue weighted by Gasteiger charge is -2.22. The molecule has 0 fully saturated rings. The van der Waals surface area contributed by atoms with Gasteiger partial charge in [-0.05, 0) is 42.5 Å². The lowest BCUT2D eigenvalue weighted by Crippen LogP contribution is -2.32. The molecular weight excluding hydrogens is 373 g/mol. The molecule has 0 saturated carbocycles. The van der Waals surface area contributed by atoms with E-state index in [2.05, 4.69) is 5.32 Å². The molecule has 0 aliphatic heterocycles. The molecular formula is C19H21Cl2N3O2. The van der Waals surface area contributed by atoms with Crippen LogP contribution < -0.4 is 15.1 Å².